The van der Waals surface area contributed by atoms with Crippen molar-refractivity contribution in [1.29, 1.82) is 0 Å². The molecule has 2 aromatic rings. The van der Waals surface area contributed by atoms with E-state index in [9.17, 15) is 0 Å². The standard InChI is InChI=1S/C14H13BrCl2N2/c1-18-14(6-9-4-5-19-8-13(9)17)11-3-2-10(15)7-12(11)16/h2-5,7-8,14,18H,6H2,1H3. The van der Waals surface area contributed by atoms with E-state index in [0.717, 1.165) is 27.0 Å². The molecule has 2 rings (SSSR count). The first-order valence-electron chi connectivity index (χ1n) is 5.82. The van der Waals surface area contributed by atoms with Crippen molar-refractivity contribution in [2.45, 2.75) is 12.5 Å². The van der Waals surface area contributed by atoms with Gasteiger partial charge in [0.05, 0.1) is 5.02 Å². The largest absolute Gasteiger partial charge is 0.313 e. The van der Waals surface area contributed by atoms with Crippen molar-refractivity contribution in [3.05, 3.63) is 62.3 Å². The molecule has 1 unspecified atom stereocenters. The van der Waals surface area contributed by atoms with E-state index in [4.69, 9.17) is 23.2 Å². The van der Waals surface area contributed by atoms with Crippen LogP contribution in [-0.2, 0) is 6.42 Å². The fourth-order valence-electron chi connectivity index (χ4n) is 1.94. The number of nitrogens with one attached hydrogen (secondary N) is 1. The third-order valence-electron chi connectivity index (χ3n) is 2.97. The number of halogens is 3. The smallest absolute Gasteiger partial charge is 0.0622 e. The summed E-state index contributed by atoms with van der Waals surface area (Å²) in [6, 6.07) is 7.94. The van der Waals surface area contributed by atoms with Crippen LogP contribution in [0.2, 0.25) is 10.0 Å². The Bertz CT molecular complexity index is 575. The van der Waals surface area contributed by atoms with Gasteiger partial charge in [0.15, 0.2) is 0 Å². The highest BCUT2D eigenvalue weighted by molar-refractivity contribution is 9.10. The summed E-state index contributed by atoms with van der Waals surface area (Å²) in [5.41, 5.74) is 2.11. The first-order valence-corrected chi connectivity index (χ1v) is 7.37. The highest BCUT2D eigenvalue weighted by atomic mass is 79.9. The lowest BCUT2D eigenvalue weighted by molar-refractivity contribution is 0.592. The van der Waals surface area contributed by atoms with Crippen molar-refractivity contribution in [2.75, 3.05) is 7.05 Å². The highest BCUT2D eigenvalue weighted by Gasteiger charge is 2.15. The third kappa shape index (κ3) is 3.69. The summed E-state index contributed by atoms with van der Waals surface area (Å²) in [6.07, 6.45) is 4.17. The van der Waals surface area contributed by atoms with E-state index >= 15 is 0 Å². The summed E-state index contributed by atoms with van der Waals surface area (Å²) >= 11 is 15.9. The van der Waals surface area contributed by atoms with E-state index in [-0.39, 0.29) is 6.04 Å². The van der Waals surface area contributed by atoms with Crippen molar-refractivity contribution in [3.63, 3.8) is 0 Å². The molecule has 0 saturated carbocycles. The molecule has 0 amide bonds. The van der Waals surface area contributed by atoms with Crippen molar-refractivity contribution in [1.82, 2.24) is 10.3 Å². The summed E-state index contributed by atoms with van der Waals surface area (Å²) in [5, 5.41) is 4.69. The van der Waals surface area contributed by atoms with Gasteiger partial charge in [0.1, 0.15) is 0 Å². The second-order valence-electron chi connectivity index (χ2n) is 4.18. The van der Waals surface area contributed by atoms with Crippen LogP contribution in [0.15, 0.2) is 41.1 Å². The van der Waals surface area contributed by atoms with Gasteiger partial charge in [-0.15, -0.1) is 0 Å². The summed E-state index contributed by atoms with van der Waals surface area (Å²) < 4.78 is 0.970. The lowest BCUT2D eigenvalue weighted by Crippen LogP contribution is -2.19. The number of benzene rings is 1. The first-order chi connectivity index (χ1) is 9.11. The Morgan fingerprint density at radius 2 is 2.05 bits per heavy atom. The average Bonchev–Trinajstić information content (AvgIpc) is 2.39. The molecule has 0 spiro atoms. The zero-order valence-corrected chi connectivity index (χ0v) is 13.4. The number of pyridine rings is 1. The number of aromatic nitrogens is 1. The Balaban J connectivity index is 2.28. The van der Waals surface area contributed by atoms with Crippen LogP contribution in [0.25, 0.3) is 0 Å². The maximum absolute atomic E-state index is 6.29. The Kier molecular flexibility index (Phi) is 5.22. The predicted octanol–water partition coefficient (Wildman–Crippen LogP) is 4.65. The molecule has 0 bridgehead atoms. The van der Waals surface area contributed by atoms with E-state index < -0.39 is 0 Å². The van der Waals surface area contributed by atoms with E-state index in [0.29, 0.717) is 5.02 Å². The fraction of sp³-hybridized carbons (Fsp3) is 0.214. The van der Waals surface area contributed by atoms with Crippen LogP contribution in [0, 0.1) is 0 Å². The monoisotopic (exact) mass is 358 g/mol. The topological polar surface area (TPSA) is 24.9 Å². The van der Waals surface area contributed by atoms with Crippen LogP contribution < -0.4 is 5.32 Å². The van der Waals surface area contributed by atoms with Gasteiger partial charge in [-0.25, -0.2) is 0 Å². The molecule has 1 aromatic heterocycles. The lowest BCUT2D eigenvalue weighted by atomic mass is 9.99. The van der Waals surface area contributed by atoms with E-state index in [2.05, 4.69) is 26.2 Å². The van der Waals surface area contributed by atoms with Gasteiger partial charge < -0.3 is 5.32 Å². The number of nitrogens with zero attached hydrogens (tertiary/aromatic N) is 1. The molecule has 0 aliphatic carbocycles. The van der Waals surface area contributed by atoms with Gasteiger partial charge in [-0.2, -0.15) is 0 Å². The molecule has 1 aromatic carbocycles. The fourth-order valence-corrected chi connectivity index (χ4v) is 2.94. The van der Waals surface area contributed by atoms with E-state index in [1.165, 1.54) is 0 Å². The molecule has 1 N–H and O–H groups in total. The Morgan fingerprint density at radius 1 is 1.26 bits per heavy atom. The van der Waals surface area contributed by atoms with Crippen LogP contribution in [-0.4, -0.2) is 12.0 Å². The zero-order chi connectivity index (χ0) is 13.8. The SMILES string of the molecule is CNC(Cc1ccncc1Cl)c1ccc(Br)cc1Cl. The van der Waals surface area contributed by atoms with Gasteiger partial charge in [-0.1, -0.05) is 45.2 Å². The molecule has 0 saturated heterocycles. The summed E-state index contributed by atoms with van der Waals surface area (Å²) in [4.78, 5) is 4.00. The minimum atomic E-state index is 0.112. The summed E-state index contributed by atoms with van der Waals surface area (Å²) in [5.74, 6) is 0. The molecule has 19 heavy (non-hydrogen) atoms. The van der Waals surface area contributed by atoms with Gasteiger partial charge in [-0.05, 0) is 42.8 Å². The molecule has 5 heteroatoms. The van der Waals surface area contributed by atoms with Crippen molar-refractivity contribution < 1.29 is 0 Å². The van der Waals surface area contributed by atoms with Crippen LogP contribution in [0.1, 0.15) is 17.2 Å². The molecule has 0 fully saturated rings. The predicted molar refractivity (Wildman–Crippen MR) is 83.9 cm³/mol. The molecule has 100 valence electrons. The molecular weight excluding hydrogens is 347 g/mol. The van der Waals surface area contributed by atoms with Crippen LogP contribution in [0.3, 0.4) is 0 Å². The Morgan fingerprint density at radius 3 is 2.68 bits per heavy atom. The number of hydrogen-bond acceptors (Lipinski definition) is 2. The number of rotatable bonds is 4. The normalized spacial score (nSPS) is 12.4. The quantitative estimate of drug-likeness (QED) is 0.859. The first kappa shape index (κ1) is 14.8. The lowest BCUT2D eigenvalue weighted by Gasteiger charge is -2.19. The third-order valence-corrected chi connectivity index (χ3v) is 4.13. The van der Waals surface area contributed by atoms with Gasteiger partial charge in [0.2, 0.25) is 0 Å². The second-order valence-corrected chi connectivity index (χ2v) is 5.91. The second kappa shape index (κ2) is 6.71. The maximum atomic E-state index is 6.29. The van der Waals surface area contributed by atoms with E-state index in [1.54, 1.807) is 12.4 Å². The maximum Gasteiger partial charge on any atom is 0.0622 e. The Labute approximate surface area is 131 Å². The van der Waals surface area contributed by atoms with Crippen molar-refractivity contribution in [2.24, 2.45) is 0 Å². The van der Waals surface area contributed by atoms with Crippen LogP contribution in [0.4, 0.5) is 0 Å². The van der Waals surface area contributed by atoms with Gasteiger partial charge in [0, 0.05) is 27.9 Å². The zero-order valence-electron chi connectivity index (χ0n) is 10.3. The average molecular weight is 360 g/mol. The minimum Gasteiger partial charge on any atom is -0.313 e. The molecule has 0 aliphatic rings. The molecular formula is C14H13BrCl2N2. The van der Waals surface area contributed by atoms with E-state index in [1.807, 2.05) is 31.3 Å². The Hall–Kier alpha value is -0.610. The van der Waals surface area contributed by atoms with Gasteiger partial charge in [-0.3, -0.25) is 4.98 Å². The van der Waals surface area contributed by atoms with Gasteiger partial charge in [0.25, 0.3) is 0 Å². The molecule has 0 aliphatic heterocycles. The van der Waals surface area contributed by atoms with Gasteiger partial charge >= 0.3 is 0 Å². The summed E-state index contributed by atoms with van der Waals surface area (Å²) in [7, 11) is 1.91. The van der Waals surface area contributed by atoms with Crippen molar-refractivity contribution >= 4 is 39.1 Å². The molecule has 2 nitrogen and oxygen atoms in total. The number of hydrogen-bond donors (Lipinski definition) is 1. The molecule has 0 radical (unpaired) electrons. The van der Waals surface area contributed by atoms with Crippen molar-refractivity contribution in [3.8, 4) is 0 Å². The minimum absolute atomic E-state index is 0.112. The van der Waals surface area contributed by atoms with Crippen LogP contribution in [0.5, 0.6) is 0 Å². The molecule has 1 heterocycles. The highest BCUT2D eigenvalue weighted by Crippen LogP contribution is 2.29. The number of likely N-dealkylation sites (N-methyl/N-ethyl adjacent to an activating group) is 1. The molecule has 1 atom stereocenters. The van der Waals surface area contributed by atoms with Crippen LogP contribution >= 0.6 is 39.1 Å². The summed E-state index contributed by atoms with van der Waals surface area (Å²) in [6.45, 7) is 0.